The lowest BCUT2D eigenvalue weighted by Crippen LogP contribution is -2.49. The van der Waals surface area contributed by atoms with Crippen molar-refractivity contribution in [3.63, 3.8) is 0 Å². The van der Waals surface area contributed by atoms with Crippen molar-refractivity contribution in [2.45, 2.75) is 32.7 Å². The molecule has 0 bridgehead atoms. The molecular weight excluding hydrogens is 234 g/mol. The Morgan fingerprint density at radius 2 is 2.17 bits per heavy atom. The molecule has 1 amide bonds. The third kappa shape index (κ3) is 2.39. The van der Waals surface area contributed by atoms with Crippen LogP contribution in [0.3, 0.4) is 0 Å². The van der Waals surface area contributed by atoms with Gasteiger partial charge in [0.1, 0.15) is 11.8 Å². The number of carbonyl (C=O) groups is 2. The van der Waals surface area contributed by atoms with Gasteiger partial charge in [-0.1, -0.05) is 6.92 Å². The number of hydrogen-bond donors (Lipinski definition) is 1. The number of piperidine rings is 1. The molecule has 1 aliphatic rings. The highest BCUT2D eigenvalue weighted by molar-refractivity contribution is 5.94. The van der Waals surface area contributed by atoms with E-state index in [1.165, 1.54) is 4.90 Å². The Balaban J connectivity index is 2.20. The Morgan fingerprint density at radius 3 is 2.72 bits per heavy atom. The summed E-state index contributed by atoms with van der Waals surface area (Å²) in [5.74, 6) is -0.0852. The summed E-state index contributed by atoms with van der Waals surface area (Å²) >= 11 is 0. The van der Waals surface area contributed by atoms with Crippen molar-refractivity contribution in [2.24, 2.45) is 5.92 Å². The minimum atomic E-state index is -0.946. The van der Waals surface area contributed by atoms with Crippen LogP contribution in [0, 0.1) is 12.8 Å². The SMILES string of the molecule is Cc1ccc(C(=O)N2CCC(C)CC2C(=O)O)o1. The first-order valence-corrected chi connectivity index (χ1v) is 6.09. The molecule has 0 aliphatic carbocycles. The largest absolute Gasteiger partial charge is 0.480 e. The summed E-state index contributed by atoms with van der Waals surface area (Å²) in [6.45, 7) is 4.23. The third-order valence-corrected chi connectivity index (χ3v) is 3.36. The van der Waals surface area contributed by atoms with Gasteiger partial charge in [0.25, 0.3) is 5.91 Å². The minimum Gasteiger partial charge on any atom is -0.480 e. The number of hydrogen-bond acceptors (Lipinski definition) is 3. The normalized spacial score (nSPS) is 24.0. The molecule has 1 aromatic rings. The van der Waals surface area contributed by atoms with Crippen molar-refractivity contribution in [3.8, 4) is 0 Å². The maximum Gasteiger partial charge on any atom is 0.326 e. The van der Waals surface area contributed by atoms with Crippen LogP contribution >= 0.6 is 0 Å². The van der Waals surface area contributed by atoms with Crippen LogP contribution in [0.15, 0.2) is 16.5 Å². The Bertz CT molecular complexity index is 465. The summed E-state index contributed by atoms with van der Waals surface area (Å²) in [4.78, 5) is 24.8. The molecule has 2 atom stereocenters. The van der Waals surface area contributed by atoms with E-state index in [9.17, 15) is 14.7 Å². The van der Waals surface area contributed by atoms with Gasteiger partial charge in [-0.25, -0.2) is 4.79 Å². The van der Waals surface area contributed by atoms with E-state index in [2.05, 4.69) is 0 Å². The van der Waals surface area contributed by atoms with E-state index in [-0.39, 0.29) is 11.7 Å². The van der Waals surface area contributed by atoms with Gasteiger partial charge in [-0.05, 0) is 37.8 Å². The van der Waals surface area contributed by atoms with Gasteiger partial charge in [-0.15, -0.1) is 0 Å². The van der Waals surface area contributed by atoms with Crippen LogP contribution in [0.1, 0.15) is 36.1 Å². The number of aliphatic carboxylic acids is 1. The van der Waals surface area contributed by atoms with E-state index in [0.29, 0.717) is 24.6 Å². The molecule has 0 radical (unpaired) electrons. The molecule has 2 rings (SSSR count). The smallest absolute Gasteiger partial charge is 0.326 e. The third-order valence-electron chi connectivity index (χ3n) is 3.36. The van der Waals surface area contributed by atoms with Crippen molar-refractivity contribution in [2.75, 3.05) is 6.54 Å². The summed E-state index contributed by atoms with van der Waals surface area (Å²) < 4.78 is 5.27. The van der Waals surface area contributed by atoms with Crippen molar-refractivity contribution in [1.82, 2.24) is 4.90 Å². The van der Waals surface area contributed by atoms with Crippen molar-refractivity contribution < 1.29 is 19.1 Å². The van der Waals surface area contributed by atoms with Gasteiger partial charge in [0.2, 0.25) is 0 Å². The van der Waals surface area contributed by atoms with E-state index in [1.54, 1.807) is 19.1 Å². The number of carbonyl (C=O) groups excluding carboxylic acids is 1. The van der Waals surface area contributed by atoms with E-state index in [0.717, 1.165) is 6.42 Å². The maximum absolute atomic E-state index is 12.2. The zero-order valence-electron chi connectivity index (χ0n) is 10.5. The van der Waals surface area contributed by atoms with E-state index < -0.39 is 12.0 Å². The molecule has 1 saturated heterocycles. The van der Waals surface area contributed by atoms with Crippen LogP contribution in [0.2, 0.25) is 0 Å². The standard InChI is InChI=1S/C13H17NO4/c1-8-5-6-14(10(7-8)13(16)17)12(15)11-4-3-9(2)18-11/h3-4,8,10H,5-7H2,1-2H3,(H,16,17). The van der Waals surface area contributed by atoms with Crippen LogP contribution in [0.25, 0.3) is 0 Å². The summed E-state index contributed by atoms with van der Waals surface area (Å²) in [6, 6.07) is 2.55. The molecule has 1 aliphatic heterocycles. The van der Waals surface area contributed by atoms with Gasteiger partial charge in [-0.3, -0.25) is 4.79 Å². The topological polar surface area (TPSA) is 70.8 Å². The van der Waals surface area contributed by atoms with Gasteiger partial charge in [0.15, 0.2) is 5.76 Å². The summed E-state index contributed by atoms with van der Waals surface area (Å²) in [5, 5.41) is 9.20. The molecule has 2 heterocycles. The fraction of sp³-hybridized carbons (Fsp3) is 0.538. The van der Waals surface area contributed by atoms with Gasteiger partial charge < -0.3 is 14.4 Å². The Morgan fingerprint density at radius 1 is 1.44 bits per heavy atom. The van der Waals surface area contributed by atoms with Gasteiger partial charge in [0, 0.05) is 6.54 Å². The first-order chi connectivity index (χ1) is 8.49. The van der Waals surface area contributed by atoms with Crippen LogP contribution in [-0.2, 0) is 4.79 Å². The van der Waals surface area contributed by atoms with E-state index in [4.69, 9.17) is 4.42 Å². The predicted octanol–water partition coefficient (Wildman–Crippen LogP) is 1.91. The Labute approximate surface area is 105 Å². The zero-order chi connectivity index (χ0) is 13.3. The monoisotopic (exact) mass is 251 g/mol. The number of aryl methyl sites for hydroxylation is 1. The molecule has 18 heavy (non-hydrogen) atoms. The molecule has 1 aromatic heterocycles. The molecule has 98 valence electrons. The molecule has 5 heteroatoms. The molecule has 5 nitrogen and oxygen atoms in total. The van der Waals surface area contributed by atoms with Crippen molar-refractivity contribution in [3.05, 3.63) is 23.7 Å². The fourth-order valence-electron chi connectivity index (χ4n) is 2.31. The van der Waals surface area contributed by atoms with E-state index in [1.807, 2.05) is 6.92 Å². The minimum absolute atomic E-state index is 0.216. The highest BCUT2D eigenvalue weighted by Crippen LogP contribution is 2.24. The summed E-state index contributed by atoms with van der Waals surface area (Å²) in [7, 11) is 0. The first kappa shape index (κ1) is 12.7. The Hall–Kier alpha value is -1.78. The van der Waals surface area contributed by atoms with Crippen molar-refractivity contribution >= 4 is 11.9 Å². The molecular formula is C13H17NO4. The van der Waals surface area contributed by atoms with Crippen LogP contribution in [0.5, 0.6) is 0 Å². The molecule has 2 unspecified atom stereocenters. The lowest BCUT2D eigenvalue weighted by Gasteiger charge is -2.35. The van der Waals surface area contributed by atoms with E-state index >= 15 is 0 Å². The molecule has 0 aromatic carbocycles. The van der Waals surface area contributed by atoms with Gasteiger partial charge in [0.05, 0.1) is 0 Å². The van der Waals surface area contributed by atoms with Gasteiger partial charge in [-0.2, -0.15) is 0 Å². The van der Waals surface area contributed by atoms with Crippen LogP contribution < -0.4 is 0 Å². The summed E-state index contributed by atoms with van der Waals surface area (Å²) in [5.41, 5.74) is 0. The molecule has 0 saturated carbocycles. The number of nitrogens with zero attached hydrogens (tertiary/aromatic N) is 1. The maximum atomic E-state index is 12.2. The number of carboxylic acids is 1. The number of carboxylic acid groups (broad SMARTS) is 1. The average Bonchev–Trinajstić information content (AvgIpc) is 2.75. The number of amides is 1. The number of rotatable bonds is 2. The fourth-order valence-corrected chi connectivity index (χ4v) is 2.31. The quantitative estimate of drug-likeness (QED) is 0.871. The van der Waals surface area contributed by atoms with Crippen LogP contribution in [-0.4, -0.2) is 34.5 Å². The van der Waals surface area contributed by atoms with Crippen molar-refractivity contribution in [1.29, 1.82) is 0 Å². The Kier molecular flexibility index (Phi) is 3.41. The molecule has 1 fully saturated rings. The molecule has 0 spiro atoms. The first-order valence-electron chi connectivity index (χ1n) is 6.09. The zero-order valence-corrected chi connectivity index (χ0v) is 10.5. The van der Waals surface area contributed by atoms with Gasteiger partial charge >= 0.3 is 5.97 Å². The molecule has 1 N–H and O–H groups in total. The second-order valence-electron chi connectivity index (χ2n) is 4.89. The number of furan rings is 1. The lowest BCUT2D eigenvalue weighted by atomic mass is 9.92. The highest BCUT2D eigenvalue weighted by atomic mass is 16.4. The predicted molar refractivity (Wildman–Crippen MR) is 64.3 cm³/mol. The van der Waals surface area contributed by atoms with Crippen LogP contribution in [0.4, 0.5) is 0 Å². The highest BCUT2D eigenvalue weighted by Gasteiger charge is 2.36. The summed E-state index contributed by atoms with van der Waals surface area (Å²) in [6.07, 6.45) is 1.33. The second kappa shape index (κ2) is 4.84. The second-order valence-corrected chi connectivity index (χ2v) is 4.89. The number of likely N-dealkylation sites (tertiary alicyclic amines) is 1. The lowest BCUT2D eigenvalue weighted by molar-refractivity contribution is -0.144. The average molecular weight is 251 g/mol.